The Labute approximate surface area is 147 Å². The van der Waals surface area contributed by atoms with Gasteiger partial charge in [-0.1, -0.05) is 23.5 Å². The smallest absolute Gasteiger partial charge is 0.206 e. The van der Waals surface area contributed by atoms with Crippen LogP contribution in [-0.2, 0) is 6.54 Å². The van der Waals surface area contributed by atoms with Crippen LogP contribution in [0.5, 0.6) is 5.75 Å². The molecule has 0 aliphatic heterocycles. The molecule has 2 heterocycles. The third-order valence-electron chi connectivity index (χ3n) is 3.08. The van der Waals surface area contributed by atoms with Crippen molar-refractivity contribution in [3.05, 3.63) is 53.7 Å². The van der Waals surface area contributed by atoms with Crippen molar-refractivity contribution < 1.29 is 4.74 Å². The standard InChI is InChI=1S/C16H13N5OS2/c1-22-13-6-4-11(5-7-13)10-19-15-20-21-16(24-15)23-14-12(9-17)3-2-8-18-14/h2-8H,10H2,1H3,(H,19,20). The Balaban J connectivity index is 1.62. The Hall–Kier alpha value is -2.63. The molecule has 0 unspecified atom stereocenters. The number of rotatable bonds is 6. The average molecular weight is 355 g/mol. The summed E-state index contributed by atoms with van der Waals surface area (Å²) >= 11 is 2.77. The fourth-order valence-electron chi connectivity index (χ4n) is 1.88. The summed E-state index contributed by atoms with van der Waals surface area (Å²) in [4.78, 5) is 4.21. The van der Waals surface area contributed by atoms with Crippen LogP contribution in [0.4, 0.5) is 5.13 Å². The molecule has 3 aromatic rings. The van der Waals surface area contributed by atoms with Crippen LogP contribution in [0.15, 0.2) is 52.0 Å². The Morgan fingerprint density at radius 1 is 1.25 bits per heavy atom. The van der Waals surface area contributed by atoms with Gasteiger partial charge in [0.2, 0.25) is 5.13 Å². The molecule has 120 valence electrons. The maximum atomic E-state index is 9.09. The van der Waals surface area contributed by atoms with Gasteiger partial charge in [-0.25, -0.2) is 4.98 Å². The fraction of sp³-hybridized carbons (Fsp3) is 0.125. The van der Waals surface area contributed by atoms with Gasteiger partial charge in [-0.2, -0.15) is 5.26 Å². The molecule has 3 rings (SSSR count). The summed E-state index contributed by atoms with van der Waals surface area (Å²) in [6, 6.07) is 13.4. The molecule has 0 saturated heterocycles. The molecule has 1 N–H and O–H groups in total. The summed E-state index contributed by atoms with van der Waals surface area (Å²) < 4.78 is 5.88. The zero-order valence-electron chi connectivity index (χ0n) is 12.8. The number of anilines is 1. The van der Waals surface area contributed by atoms with E-state index in [2.05, 4.69) is 26.6 Å². The summed E-state index contributed by atoms with van der Waals surface area (Å²) in [5.74, 6) is 0.831. The second kappa shape index (κ2) is 7.77. The summed E-state index contributed by atoms with van der Waals surface area (Å²) in [5.41, 5.74) is 1.65. The topological polar surface area (TPSA) is 83.7 Å². The van der Waals surface area contributed by atoms with Crippen molar-refractivity contribution in [2.75, 3.05) is 12.4 Å². The first-order chi connectivity index (χ1) is 11.8. The van der Waals surface area contributed by atoms with E-state index >= 15 is 0 Å². The van der Waals surface area contributed by atoms with Gasteiger partial charge >= 0.3 is 0 Å². The van der Waals surface area contributed by atoms with E-state index in [4.69, 9.17) is 10.00 Å². The predicted octanol–water partition coefficient (Wildman–Crippen LogP) is 3.58. The zero-order chi connectivity index (χ0) is 16.8. The number of nitrogens with zero attached hydrogens (tertiary/aromatic N) is 4. The molecule has 0 fully saturated rings. The molecule has 2 aromatic heterocycles. The number of hydrogen-bond acceptors (Lipinski definition) is 8. The van der Waals surface area contributed by atoms with E-state index in [1.54, 1.807) is 25.4 Å². The predicted molar refractivity (Wildman–Crippen MR) is 93.3 cm³/mol. The molecule has 0 amide bonds. The molecule has 1 aromatic carbocycles. The van der Waals surface area contributed by atoms with E-state index in [0.717, 1.165) is 20.8 Å². The lowest BCUT2D eigenvalue weighted by Gasteiger charge is -2.03. The van der Waals surface area contributed by atoms with Gasteiger partial charge in [0.05, 0.1) is 12.7 Å². The Kier molecular flexibility index (Phi) is 5.25. The van der Waals surface area contributed by atoms with Crippen LogP contribution in [0.2, 0.25) is 0 Å². The van der Waals surface area contributed by atoms with Crippen molar-refractivity contribution >= 4 is 28.2 Å². The van der Waals surface area contributed by atoms with Crippen LogP contribution in [0.1, 0.15) is 11.1 Å². The molecule has 0 bridgehead atoms. The van der Waals surface area contributed by atoms with E-state index < -0.39 is 0 Å². The van der Waals surface area contributed by atoms with Crippen molar-refractivity contribution in [3.8, 4) is 11.8 Å². The number of nitriles is 1. The number of hydrogen-bond donors (Lipinski definition) is 1. The highest BCUT2D eigenvalue weighted by molar-refractivity contribution is 8.01. The molecule has 0 saturated carbocycles. The van der Waals surface area contributed by atoms with E-state index in [0.29, 0.717) is 17.1 Å². The monoisotopic (exact) mass is 355 g/mol. The van der Waals surface area contributed by atoms with Crippen LogP contribution in [-0.4, -0.2) is 22.3 Å². The molecule has 8 heteroatoms. The minimum Gasteiger partial charge on any atom is -0.497 e. The average Bonchev–Trinajstić information content (AvgIpc) is 3.08. The van der Waals surface area contributed by atoms with Gasteiger partial charge in [0.15, 0.2) is 4.34 Å². The highest BCUT2D eigenvalue weighted by Gasteiger charge is 2.10. The van der Waals surface area contributed by atoms with E-state index in [9.17, 15) is 0 Å². The summed E-state index contributed by atoms with van der Waals surface area (Å²) in [5, 5.41) is 21.9. The quantitative estimate of drug-likeness (QED) is 0.723. The SMILES string of the molecule is COc1ccc(CNc2nnc(Sc3ncccc3C#N)s2)cc1. The maximum Gasteiger partial charge on any atom is 0.206 e. The van der Waals surface area contributed by atoms with Gasteiger partial charge < -0.3 is 10.1 Å². The van der Waals surface area contributed by atoms with Crippen LogP contribution in [0.25, 0.3) is 0 Å². The minimum atomic E-state index is 0.533. The van der Waals surface area contributed by atoms with Gasteiger partial charge in [0, 0.05) is 12.7 Å². The van der Waals surface area contributed by atoms with Gasteiger partial charge in [-0.3, -0.25) is 0 Å². The third-order valence-corrected chi connectivity index (χ3v) is 5.04. The molecule has 0 atom stereocenters. The highest BCUT2D eigenvalue weighted by Crippen LogP contribution is 2.32. The first-order valence-corrected chi connectivity index (χ1v) is 8.65. The number of pyridine rings is 1. The lowest BCUT2D eigenvalue weighted by atomic mass is 10.2. The lowest BCUT2D eigenvalue weighted by Crippen LogP contribution is -1.98. The Bertz CT molecular complexity index is 857. The van der Waals surface area contributed by atoms with Gasteiger partial charge in [-0.05, 0) is 41.6 Å². The molecule has 0 radical (unpaired) electrons. The minimum absolute atomic E-state index is 0.533. The number of methoxy groups -OCH3 is 1. The van der Waals surface area contributed by atoms with Crippen molar-refractivity contribution in [2.45, 2.75) is 15.9 Å². The van der Waals surface area contributed by atoms with Crippen LogP contribution in [0.3, 0.4) is 0 Å². The fourth-order valence-corrected chi connectivity index (χ4v) is 3.58. The second-order valence-corrected chi connectivity index (χ2v) is 6.86. The first kappa shape index (κ1) is 16.2. The van der Waals surface area contributed by atoms with Gasteiger partial charge in [-0.15, -0.1) is 10.2 Å². The summed E-state index contributed by atoms with van der Waals surface area (Å²) in [6.07, 6.45) is 1.66. The largest absolute Gasteiger partial charge is 0.497 e. The van der Waals surface area contributed by atoms with Gasteiger partial charge in [0.25, 0.3) is 0 Å². The van der Waals surface area contributed by atoms with Crippen molar-refractivity contribution in [3.63, 3.8) is 0 Å². The van der Waals surface area contributed by atoms with Gasteiger partial charge in [0.1, 0.15) is 16.8 Å². The molecular formula is C16H13N5OS2. The van der Waals surface area contributed by atoms with E-state index in [-0.39, 0.29) is 0 Å². The summed E-state index contributed by atoms with van der Waals surface area (Å²) in [7, 11) is 1.65. The van der Waals surface area contributed by atoms with Crippen molar-refractivity contribution in [1.82, 2.24) is 15.2 Å². The number of aromatic nitrogens is 3. The molecule has 24 heavy (non-hydrogen) atoms. The lowest BCUT2D eigenvalue weighted by molar-refractivity contribution is 0.414. The molecule has 0 aliphatic carbocycles. The van der Waals surface area contributed by atoms with Crippen molar-refractivity contribution in [2.24, 2.45) is 0 Å². The maximum absolute atomic E-state index is 9.09. The Morgan fingerprint density at radius 3 is 2.83 bits per heavy atom. The van der Waals surface area contributed by atoms with Crippen LogP contribution >= 0.6 is 23.1 Å². The molecule has 0 spiro atoms. The van der Waals surface area contributed by atoms with Crippen molar-refractivity contribution in [1.29, 1.82) is 5.26 Å². The Morgan fingerprint density at radius 2 is 2.08 bits per heavy atom. The number of nitrogens with one attached hydrogen (secondary N) is 1. The van der Waals surface area contributed by atoms with E-state index in [1.807, 2.05) is 24.3 Å². The first-order valence-electron chi connectivity index (χ1n) is 7.02. The molecule has 6 nitrogen and oxygen atoms in total. The number of benzene rings is 1. The normalized spacial score (nSPS) is 10.2. The summed E-state index contributed by atoms with van der Waals surface area (Å²) in [6.45, 7) is 0.649. The van der Waals surface area contributed by atoms with Crippen LogP contribution < -0.4 is 10.1 Å². The number of ether oxygens (including phenoxy) is 1. The van der Waals surface area contributed by atoms with Crippen LogP contribution in [0, 0.1) is 11.3 Å². The zero-order valence-corrected chi connectivity index (χ0v) is 14.4. The molecule has 0 aliphatic rings. The molecular weight excluding hydrogens is 342 g/mol. The third kappa shape index (κ3) is 4.01. The van der Waals surface area contributed by atoms with E-state index in [1.165, 1.54) is 23.1 Å². The second-order valence-electron chi connectivity index (χ2n) is 4.64. The highest BCUT2D eigenvalue weighted by atomic mass is 32.2.